The van der Waals surface area contributed by atoms with Crippen molar-refractivity contribution in [2.75, 3.05) is 0 Å². The second-order valence-corrected chi connectivity index (χ2v) is 3.55. The maximum atomic E-state index is 9.64. The molecule has 0 saturated carbocycles. The van der Waals surface area contributed by atoms with Crippen LogP contribution >= 0.6 is 0 Å². The summed E-state index contributed by atoms with van der Waals surface area (Å²) < 4.78 is 0. The Balaban J connectivity index is 2.21. The number of fused-ring (bicyclic) bond motifs is 2. The molecule has 64 valence electrons. The molecule has 0 radical (unpaired) electrons. The summed E-state index contributed by atoms with van der Waals surface area (Å²) in [6.07, 6.45) is 0.124. The van der Waals surface area contributed by atoms with Gasteiger partial charge >= 0.3 is 0 Å². The molecule has 4 nitrogen and oxygen atoms in total. The average molecular weight is 159 g/mol. The van der Waals surface area contributed by atoms with Gasteiger partial charge < -0.3 is 15.3 Å². The highest BCUT2D eigenvalue weighted by Crippen LogP contribution is 2.33. The fourth-order valence-corrected chi connectivity index (χ4v) is 2.04. The molecule has 4 atom stereocenters. The van der Waals surface area contributed by atoms with E-state index < -0.39 is 17.9 Å². The van der Waals surface area contributed by atoms with Crippen molar-refractivity contribution in [3.8, 4) is 0 Å². The SMILES string of the molecule is O[C@@H]1C[C@H]2CC[C@@](O)(N2)[C@H]1O. The van der Waals surface area contributed by atoms with Crippen LogP contribution < -0.4 is 5.32 Å². The highest BCUT2D eigenvalue weighted by atomic mass is 16.4. The van der Waals surface area contributed by atoms with E-state index in [4.69, 9.17) is 0 Å². The lowest BCUT2D eigenvalue weighted by molar-refractivity contribution is -0.153. The summed E-state index contributed by atoms with van der Waals surface area (Å²) in [7, 11) is 0. The van der Waals surface area contributed by atoms with Gasteiger partial charge in [-0.05, 0) is 19.3 Å². The van der Waals surface area contributed by atoms with Crippen molar-refractivity contribution < 1.29 is 15.3 Å². The molecule has 11 heavy (non-hydrogen) atoms. The summed E-state index contributed by atoms with van der Waals surface area (Å²) in [5.74, 6) is 0. The summed E-state index contributed by atoms with van der Waals surface area (Å²) in [6.45, 7) is 0. The van der Waals surface area contributed by atoms with Crippen molar-refractivity contribution in [2.24, 2.45) is 0 Å². The van der Waals surface area contributed by atoms with Crippen molar-refractivity contribution in [3.63, 3.8) is 0 Å². The maximum absolute atomic E-state index is 9.64. The third kappa shape index (κ3) is 0.980. The Labute approximate surface area is 64.8 Å². The predicted molar refractivity (Wildman–Crippen MR) is 37.7 cm³/mol. The van der Waals surface area contributed by atoms with E-state index >= 15 is 0 Å². The number of aliphatic hydroxyl groups excluding tert-OH is 2. The zero-order valence-electron chi connectivity index (χ0n) is 6.20. The van der Waals surface area contributed by atoms with Crippen LogP contribution in [-0.4, -0.2) is 39.3 Å². The summed E-state index contributed by atoms with van der Waals surface area (Å²) in [6, 6.07) is 0.179. The van der Waals surface area contributed by atoms with E-state index in [2.05, 4.69) is 5.32 Å². The fourth-order valence-electron chi connectivity index (χ4n) is 2.04. The van der Waals surface area contributed by atoms with E-state index in [1.54, 1.807) is 0 Å². The van der Waals surface area contributed by atoms with Crippen LogP contribution in [-0.2, 0) is 0 Å². The number of rotatable bonds is 0. The molecule has 4 N–H and O–H groups in total. The first-order valence-corrected chi connectivity index (χ1v) is 3.98. The molecule has 2 heterocycles. The number of hydrogen-bond acceptors (Lipinski definition) is 4. The Hall–Kier alpha value is -0.160. The second-order valence-electron chi connectivity index (χ2n) is 3.55. The first-order valence-electron chi connectivity index (χ1n) is 3.98. The minimum Gasteiger partial charge on any atom is -0.390 e. The summed E-state index contributed by atoms with van der Waals surface area (Å²) >= 11 is 0. The van der Waals surface area contributed by atoms with Crippen molar-refractivity contribution >= 4 is 0 Å². The molecule has 0 aromatic carbocycles. The van der Waals surface area contributed by atoms with E-state index in [1.807, 2.05) is 0 Å². The lowest BCUT2D eigenvalue weighted by atomic mass is 9.96. The Kier molecular flexibility index (Phi) is 1.47. The van der Waals surface area contributed by atoms with Gasteiger partial charge in [0, 0.05) is 6.04 Å². The van der Waals surface area contributed by atoms with Gasteiger partial charge in [0.2, 0.25) is 0 Å². The van der Waals surface area contributed by atoms with Gasteiger partial charge in [0.15, 0.2) is 0 Å². The number of aliphatic hydroxyl groups is 3. The standard InChI is InChI=1S/C7H13NO3/c9-5-3-4-1-2-7(11,8-4)6(5)10/h4-6,8-11H,1-3H2/t4-,5-,6+,7+/m1/s1. The average Bonchev–Trinajstić information content (AvgIpc) is 2.27. The third-order valence-corrected chi connectivity index (χ3v) is 2.71. The number of nitrogens with one attached hydrogen (secondary N) is 1. The zero-order chi connectivity index (χ0) is 8.06. The van der Waals surface area contributed by atoms with Crippen LogP contribution in [0.1, 0.15) is 19.3 Å². The zero-order valence-corrected chi connectivity index (χ0v) is 6.20. The van der Waals surface area contributed by atoms with Crippen LogP contribution in [0.2, 0.25) is 0 Å². The monoisotopic (exact) mass is 159 g/mol. The quantitative estimate of drug-likeness (QED) is 0.349. The molecule has 2 bridgehead atoms. The normalized spacial score (nSPS) is 56.5. The van der Waals surface area contributed by atoms with Gasteiger partial charge in [-0.25, -0.2) is 0 Å². The number of piperidine rings is 1. The van der Waals surface area contributed by atoms with Crippen LogP contribution in [0, 0.1) is 0 Å². The van der Waals surface area contributed by atoms with Crippen LogP contribution in [0.4, 0.5) is 0 Å². The smallest absolute Gasteiger partial charge is 0.144 e. The highest BCUT2D eigenvalue weighted by molar-refractivity contribution is 5.02. The van der Waals surface area contributed by atoms with E-state index in [1.165, 1.54) is 0 Å². The van der Waals surface area contributed by atoms with E-state index in [0.717, 1.165) is 6.42 Å². The molecular weight excluding hydrogens is 146 g/mol. The van der Waals surface area contributed by atoms with Gasteiger partial charge in [-0.15, -0.1) is 0 Å². The Morgan fingerprint density at radius 2 is 2.09 bits per heavy atom. The Morgan fingerprint density at radius 3 is 2.82 bits per heavy atom. The Bertz CT molecular complexity index is 175. The van der Waals surface area contributed by atoms with Gasteiger partial charge in [0.25, 0.3) is 0 Å². The van der Waals surface area contributed by atoms with E-state index in [-0.39, 0.29) is 6.04 Å². The molecule has 0 amide bonds. The van der Waals surface area contributed by atoms with Gasteiger partial charge in [-0.1, -0.05) is 0 Å². The van der Waals surface area contributed by atoms with E-state index in [0.29, 0.717) is 12.8 Å². The third-order valence-electron chi connectivity index (χ3n) is 2.71. The van der Waals surface area contributed by atoms with Crippen LogP contribution in [0.3, 0.4) is 0 Å². The Morgan fingerprint density at radius 1 is 1.36 bits per heavy atom. The number of hydrogen-bond donors (Lipinski definition) is 4. The minimum absolute atomic E-state index is 0.179. The van der Waals surface area contributed by atoms with Crippen molar-refractivity contribution in [2.45, 2.75) is 43.2 Å². The fraction of sp³-hybridized carbons (Fsp3) is 1.00. The summed E-state index contributed by atoms with van der Waals surface area (Å²) in [5, 5.41) is 31.2. The lowest BCUT2D eigenvalue weighted by Crippen LogP contribution is -2.61. The molecular formula is C7H13NO3. The topological polar surface area (TPSA) is 72.7 Å². The first kappa shape index (κ1) is 7.49. The van der Waals surface area contributed by atoms with Crippen molar-refractivity contribution in [1.82, 2.24) is 5.32 Å². The van der Waals surface area contributed by atoms with Crippen LogP contribution in [0.5, 0.6) is 0 Å². The van der Waals surface area contributed by atoms with Gasteiger partial charge in [-0.3, -0.25) is 5.32 Å². The molecule has 0 unspecified atom stereocenters. The minimum atomic E-state index is -1.22. The molecule has 2 fully saturated rings. The molecule has 2 saturated heterocycles. The second kappa shape index (κ2) is 2.17. The molecule has 0 spiro atoms. The van der Waals surface area contributed by atoms with Gasteiger partial charge in [0.05, 0.1) is 6.10 Å². The molecule has 0 aliphatic carbocycles. The molecule has 2 rings (SSSR count). The summed E-state index contributed by atoms with van der Waals surface area (Å²) in [4.78, 5) is 0. The largest absolute Gasteiger partial charge is 0.390 e. The van der Waals surface area contributed by atoms with Gasteiger partial charge in [-0.2, -0.15) is 0 Å². The van der Waals surface area contributed by atoms with E-state index in [9.17, 15) is 15.3 Å². The first-order chi connectivity index (χ1) is 5.12. The highest BCUT2D eigenvalue weighted by Gasteiger charge is 2.50. The van der Waals surface area contributed by atoms with Crippen LogP contribution in [0.15, 0.2) is 0 Å². The van der Waals surface area contributed by atoms with Crippen molar-refractivity contribution in [3.05, 3.63) is 0 Å². The van der Waals surface area contributed by atoms with Gasteiger partial charge in [0.1, 0.15) is 11.8 Å². The van der Waals surface area contributed by atoms with Crippen molar-refractivity contribution in [1.29, 1.82) is 0 Å². The van der Waals surface area contributed by atoms with Crippen LogP contribution in [0.25, 0.3) is 0 Å². The molecule has 0 aromatic heterocycles. The molecule has 0 aromatic rings. The maximum Gasteiger partial charge on any atom is 0.144 e. The molecule has 2 aliphatic rings. The molecule has 2 aliphatic heterocycles. The summed E-state index contributed by atoms with van der Waals surface area (Å²) in [5.41, 5.74) is -1.22. The molecule has 4 heteroatoms. The lowest BCUT2D eigenvalue weighted by Gasteiger charge is -2.37. The predicted octanol–water partition coefficient (Wildman–Crippen LogP) is -1.45.